The molecule has 0 saturated carbocycles. The Bertz CT molecular complexity index is 1210. The van der Waals surface area contributed by atoms with Gasteiger partial charge in [-0.3, -0.25) is 0 Å². The summed E-state index contributed by atoms with van der Waals surface area (Å²) < 4.78 is 71.0. The van der Waals surface area contributed by atoms with Crippen LogP contribution >= 0.6 is 0 Å². The van der Waals surface area contributed by atoms with Crippen LogP contribution in [0.2, 0.25) is 0 Å². The summed E-state index contributed by atoms with van der Waals surface area (Å²) in [6.07, 6.45) is -2.58. The summed E-state index contributed by atoms with van der Waals surface area (Å²) in [4.78, 5) is 0. The number of aromatic nitrogens is 1. The zero-order valence-corrected chi connectivity index (χ0v) is 19.6. The molecule has 0 spiro atoms. The number of fused-ring (bicyclic) bond motifs is 1. The Kier molecular flexibility index (Phi) is 6.74. The van der Waals surface area contributed by atoms with Gasteiger partial charge in [-0.05, 0) is 41.7 Å². The van der Waals surface area contributed by atoms with Crippen LogP contribution in [0, 0.1) is 5.92 Å². The van der Waals surface area contributed by atoms with Gasteiger partial charge in [0.05, 0.1) is 5.56 Å². The molecule has 0 aliphatic carbocycles. The first-order valence-electron chi connectivity index (χ1n) is 10.3. The third kappa shape index (κ3) is 5.00. The number of alkyl halides is 3. The Hall–Kier alpha value is -2.36. The van der Waals surface area contributed by atoms with Crippen molar-refractivity contribution in [1.82, 2.24) is 13.6 Å². The number of benzene rings is 2. The van der Waals surface area contributed by atoms with Crippen LogP contribution in [-0.4, -0.2) is 31.4 Å². The highest BCUT2D eigenvalue weighted by Gasteiger charge is 2.33. The van der Waals surface area contributed by atoms with Crippen molar-refractivity contribution in [3.05, 3.63) is 59.8 Å². The van der Waals surface area contributed by atoms with Crippen LogP contribution in [0.15, 0.2) is 48.7 Å². The number of nitrogens with zero attached hydrogens (tertiary/aromatic N) is 2. The van der Waals surface area contributed by atoms with Crippen molar-refractivity contribution < 1.29 is 21.6 Å². The van der Waals surface area contributed by atoms with Crippen LogP contribution in [0.3, 0.4) is 0 Å². The van der Waals surface area contributed by atoms with Crippen LogP contribution < -0.4 is 4.72 Å². The fourth-order valence-electron chi connectivity index (χ4n) is 3.75. The van der Waals surface area contributed by atoms with E-state index in [0.717, 1.165) is 26.8 Å². The number of rotatable bonds is 7. The summed E-state index contributed by atoms with van der Waals surface area (Å²) in [6, 6.07) is 10.2. The molecule has 1 aromatic heterocycles. The second-order valence-electron chi connectivity index (χ2n) is 8.53. The Morgan fingerprint density at radius 2 is 1.72 bits per heavy atom. The molecule has 2 aromatic carbocycles. The molecule has 0 amide bonds. The molecule has 1 N–H and O–H groups in total. The third-order valence-electron chi connectivity index (χ3n) is 5.29. The van der Waals surface area contributed by atoms with Gasteiger partial charge >= 0.3 is 6.18 Å². The highest BCUT2D eigenvalue weighted by atomic mass is 32.2. The molecule has 5 nitrogen and oxygen atoms in total. The van der Waals surface area contributed by atoms with E-state index in [-0.39, 0.29) is 5.56 Å². The summed E-state index contributed by atoms with van der Waals surface area (Å²) >= 11 is 0. The van der Waals surface area contributed by atoms with Gasteiger partial charge in [-0.2, -0.15) is 30.6 Å². The number of hydrogen-bond acceptors (Lipinski definition) is 2. The summed E-state index contributed by atoms with van der Waals surface area (Å²) in [5.41, 5.74) is 1.41. The van der Waals surface area contributed by atoms with Crippen molar-refractivity contribution in [2.45, 2.75) is 39.5 Å². The fraction of sp³-hybridized carbons (Fsp3) is 0.391. The van der Waals surface area contributed by atoms with Gasteiger partial charge in [0.1, 0.15) is 0 Å². The summed E-state index contributed by atoms with van der Waals surface area (Å²) in [5, 5.41) is 0.799. The van der Waals surface area contributed by atoms with Gasteiger partial charge < -0.3 is 4.57 Å². The van der Waals surface area contributed by atoms with E-state index < -0.39 is 28.0 Å². The molecule has 0 saturated heterocycles. The highest BCUT2D eigenvalue weighted by molar-refractivity contribution is 7.87. The molecule has 9 heteroatoms. The Labute approximate surface area is 187 Å². The first-order valence-corrected chi connectivity index (χ1v) is 11.7. The maximum absolute atomic E-state index is 13.6. The molecule has 32 heavy (non-hydrogen) atoms. The average Bonchev–Trinajstić information content (AvgIpc) is 3.04. The molecule has 3 rings (SSSR count). The van der Waals surface area contributed by atoms with Crippen LogP contribution in [0.4, 0.5) is 13.2 Å². The lowest BCUT2D eigenvalue weighted by Crippen LogP contribution is -2.37. The van der Waals surface area contributed by atoms with Gasteiger partial charge in [0.25, 0.3) is 10.2 Å². The zero-order chi connectivity index (χ0) is 23.8. The van der Waals surface area contributed by atoms with Crippen LogP contribution in [0.5, 0.6) is 0 Å². The van der Waals surface area contributed by atoms with Gasteiger partial charge in [-0.1, -0.05) is 44.2 Å². The molecule has 3 aromatic rings. The van der Waals surface area contributed by atoms with Gasteiger partial charge in [0.2, 0.25) is 0 Å². The number of nitrogens with one attached hydrogen (secondary N) is 1. The Morgan fingerprint density at radius 1 is 1.06 bits per heavy atom. The largest absolute Gasteiger partial charge is 0.417 e. The van der Waals surface area contributed by atoms with Crippen molar-refractivity contribution in [2.75, 3.05) is 14.1 Å². The second kappa shape index (κ2) is 8.88. The first-order chi connectivity index (χ1) is 14.8. The maximum Gasteiger partial charge on any atom is 0.417 e. The Balaban J connectivity index is 2.16. The molecule has 1 atom stereocenters. The van der Waals surface area contributed by atoms with E-state index in [2.05, 4.69) is 4.72 Å². The standard InChI is InChI=1S/C23H28F3N3O2S/c1-15(2)13-29-14-20(16(3)27-32(30,31)28(4)5)19-11-10-17(12-22(19)29)18-8-6-7-9-21(18)23(24,25)26/h6-12,14-16,27H,13H2,1-5H3/t16-/m1/s1. The predicted molar refractivity (Wildman–Crippen MR) is 121 cm³/mol. The maximum atomic E-state index is 13.6. The van der Waals surface area contributed by atoms with Crippen LogP contribution in [-0.2, 0) is 22.9 Å². The minimum atomic E-state index is -4.46. The SMILES string of the molecule is CC(C)Cn1cc([C@@H](C)NS(=O)(=O)N(C)C)c2ccc(-c3ccccc3C(F)(F)F)cc21. The summed E-state index contributed by atoms with van der Waals surface area (Å²) in [6.45, 7) is 6.50. The average molecular weight is 468 g/mol. The van der Waals surface area contributed by atoms with E-state index in [1.807, 2.05) is 24.6 Å². The van der Waals surface area contributed by atoms with E-state index in [1.165, 1.54) is 26.2 Å². The number of hydrogen-bond donors (Lipinski definition) is 1. The minimum Gasteiger partial charge on any atom is -0.347 e. The van der Waals surface area contributed by atoms with Gasteiger partial charge in [0, 0.05) is 43.8 Å². The molecule has 0 unspecified atom stereocenters. The lowest BCUT2D eigenvalue weighted by molar-refractivity contribution is -0.137. The minimum absolute atomic E-state index is 0.113. The highest BCUT2D eigenvalue weighted by Crippen LogP contribution is 2.38. The van der Waals surface area contributed by atoms with E-state index in [4.69, 9.17) is 0 Å². The molecule has 0 aliphatic rings. The molecule has 0 bridgehead atoms. The quantitative estimate of drug-likeness (QED) is 0.503. The van der Waals surface area contributed by atoms with Crippen molar-refractivity contribution >= 4 is 21.1 Å². The molecule has 1 heterocycles. The van der Waals surface area contributed by atoms with Crippen molar-refractivity contribution in [3.63, 3.8) is 0 Å². The van der Waals surface area contributed by atoms with E-state index in [9.17, 15) is 21.6 Å². The second-order valence-corrected chi connectivity index (χ2v) is 10.4. The van der Waals surface area contributed by atoms with Crippen molar-refractivity contribution in [2.24, 2.45) is 5.92 Å². The normalized spacial score (nSPS) is 13.9. The van der Waals surface area contributed by atoms with E-state index in [0.29, 0.717) is 18.0 Å². The van der Waals surface area contributed by atoms with Gasteiger partial charge in [-0.25, -0.2) is 0 Å². The lowest BCUT2D eigenvalue weighted by Gasteiger charge is -2.17. The third-order valence-corrected chi connectivity index (χ3v) is 6.90. The number of halogens is 3. The summed E-state index contributed by atoms with van der Waals surface area (Å²) in [7, 11) is -0.760. The molecule has 0 aliphatic heterocycles. The Morgan fingerprint density at radius 3 is 2.31 bits per heavy atom. The van der Waals surface area contributed by atoms with Gasteiger partial charge in [0.15, 0.2) is 0 Å². The van der Waals surface area contributed by atoms with Gasteiger partial charge in [-0.15, -0.1) is 0 Å². The first kappa shape index (κ1) is 24.3. The van der Waals surface area contributed by atoms with Crippen molar-refractivity contribution in [1.29, 1.82) is 0 Å². The summed E-state index contributed by atoms with van der Waals surface area (Å²) in [5.74, 6) is 0.290. The van der Waals surface area contributed by atoms with E-state index >= 15 is 0 Å². The van der Waals surface area contributed by atoms with E-state index in [1.54, 1.807) is 31.2 Å². The molecule has 174 valence electrons. The zero-order valence-electron chi connectivity index (χ0n) is 18.7. The fourth-order valence-corrected chi connectivity index (χ4v) is 4.54. The van der Waals surface area contributed by atoms with Crippen LogP contribution in [0.25, 0.3) is 22.0 Å². The monoisotopic (exact) mass is 467 g/mol. The van der Waals surface area contributed by atoms with Crippen LogP contribution in [0.1, 0.15) is 37.9 Å². The van der Waals surface area contributed by atoms with Crippen molar-refractivity contribution in [3.8, 4) is 11.1 Å². The smallest absolute Gasteiger partial charge is 0.347 e. The topological polar surface area (TPSA) is 54.3 Å². The molecular formula is C23H28F3N3O2S. The molecular weight excluding hydrogens is 439 g/mol. The molecule has 0 fully saturated rings. The molecule has 0 radical (unpaired) electrons. The predicted octanol–water partition coefficient (Wildman–Crippen LogP) is 5.44. The lowest BCUT2D eigenvalue weighted by atomic mass is 9.97.